The van der Waals surface area contributed by atoms with Gasteiger partial charge in [0.25, 0.3) is 0 Å². The Morgan fingerprint density at radius 1 is 1.18 bits per heavy atom. The molecule has 2 aliphatic rings. The van der Waals surface area contributed by atoms with Gasteiger partial charge in [0, 0.05) is 24.7 Å². The number of carbonyl (C=O) groups excluding carboxylic acids is 4. The van der Waals surface area contributed by atoms with Gasteiger partial charge in [-0.1, -0.05) is 39.0 Å². The number of nitrogens with one attached hydrogen (secondary N) is 3. The quantitative estimate of drug-likeness (QED) is 0.531. The van der Waals surface area contributed by atoms with Gasteiger partial charge in [-0.2, -0.15) is 5.26 Å². The maximum Gasteiger partial charge on any atom is 0.313 e. The van der Waals surface area contributed by atoms with E-state index in [4.69, 9.17) is 0 Å². The second kappa shape index (κ2) is 9.85. The number of hydrogen-bond acceptors (Lipinski definition) is 5. The van der Waals surface area contributed by atoms with Gasteiger partial charge in [-0.25, -0.2) is 8.78 Å². The lowest BCUT2D eigenvalue weighted by molar-refractivity contribution is -0.141. The van der Waals surface area contributed by atoms with Gasteiger partial charge in [0.05, 0.1) is 17.2 Å². The summed E-state index contributed by atoms with van der Waals surface area (Å²) in [5.74, 6) is -5.30. The Balaban J connectivity index is 1.57. The highest BCUT2D eigenvalue weighted by Gasteiger charge is 2.56. The van der Waals surface area contributed by atoms with Crippen LogP contribution < -0.4 is 16.0 Å². The smallest absolute Gasteiger partial charge is 0.313 e. The molecule has 2 aliphatic heterocycles. The fourth-order valence-electron chi connectivity index (χ4n) is 4.99. The summed E-state index contributed by atoms with van der Waals surface area (Å²) in [7, 11) is 0. The van der Waals surface area contributed by atoms with Crippen LogP contribution in [0, 0.1) is 28.4 Å². The Labute approximate surface area is 218 Å². The average molecular weight is 524 g/mol. The number of rotatable bonds is 4. The summed E-state index contributed by atoms with van der Waals surface area (Å²) in [5, 5.41) is 17.2. The number of anilines is 2. The number of nitrogens with zero attached hydrogens (tertiary/aromatic N) is 2. The van der Waals surface area contributed by atoms with Crippen molar-refractivity contribution in [3.63, 3.8) is 0 Å². The molecule has 0 aliphatic carbocycles. The van der Waals surface area contributed by atoms with Crippen LogP contribution in [0.5, 0.6) is 0 Å². The Morgan fingerprint density at radius 2 is 1.89 bits per heavy atom. The molecule has 38 heavy (non-hydrogen) atoms. The molecular formula is C27H27F2N5O4. The van der Waals surface area contributed by atoms with E-state index in [1.54, 1.807) is 24.3 Å². The van der Waals surface area contributed by atoms with Crippen LogP contribution in [-0.2, 0) is 24.6 Å². The van der Waals surface area contributed by atoms with Crippen molar-refractivity contribution in [1.29, 1.82) is 5.26 Å². The third-order valence-corrected chi connectivity index (χ3v) is 6.72. The number of halogens is 2. The predicted molar refractivity (Wildman–Crippen MR) is 133 cm³/mol. The number of likely N-dealkylation sites (tertiary alicyclic amines) is 1. The first-order valence-corrected chi connectivity index (χ1v) is 12.0. The molecule has 9 nitrogen and oxygen atoms in total. The first-order valence-electron chi connectivity index (χ1n) is 12.0. The number of para-hydroxylation sites is 1. The molecule has 1 unspecified atom stereocenters. The van der Waals surface area contributed by atoms with Crippen molar-refractivity contribution in [2.75, 3.05) is 17.2 Å². The van der Waals surface area contributed by atoms with E-state index in [1.807, 2.05) is 20.8 Å². The van der Waals surface area contributed by atoms with Crippen molar-refractivity contribution in [2.24, 2.45) is 5.41 Å². The van der Waals surface area contributed by atoms with Crippen LogP contribution in [0.1, 0.15) is 39.2 Å². The molecule has 4 amide bonds. The van der Waals surface area contributed by atoms with Gasteiger partial charge in [-0.15, -0.1) is 0 Å². The van der Waals surface area contributed by atoms with Crippen molar-refractivity contribution in [2.45, 2.75) is 51.1 Å². The normalized spacial score (nSPS) is 20.9. The molecule has 3 atom stereocenters. The van der Waals surface area contributed by atoms with Crippen LogP contribution in [-0.4, -0.2) is 47.2 Å². The van der Waals surface area contributed by atoms with Crippen LogP contribution >= 0.6 is 0 Å². The molecule has 1 saturated heterocycles. The number of benzene rings is 2. The first kappa shape index (κ1) is 26.7. The summed E-state index contributed by atoms with van der Waals surface area (Å²) in [5.41, 5.74) is -0.683. The summed E-state index contributed by atoms with van der Waals surface area (Å²) < 4.78 is 27.1. The van der Waals surface area contributed by atoms with E-state index in [-0.39, 0.29) is 25.3 Å². The van der Waals surface area contributed by atoms with E-state index >= 15 is 0 Å². The van der Waals surface area contributed by atoms with E-state index in [2.05, 4.69) is 22.0 Å². The summed E-state index contributed by atoms with van der Waals surface area (Å²) >= 11 is 0. The first-order chi connectivity index (χ1) is 17.8. The molecule has 0 bridgehead atoms. The summed E-state index contributed by atoms with van der Waals surface area (Å²) in [4.78, 5) is 53.3. The van der Waals surface area contributed by atoms with Gasteiger partial charge < -0.3 is 20.9 Å². The zero-order valence-corrected chi connectivity index (χ0v) is 21.1. The highest BCUT2D eigenvalue weighted by molar-refractivity contribution is 6.40. The lowest BCUT2D eigenvalue weighted by Gasteiger charge is -2.31. The molecule has 0 radical (unpaired) electrons. The van der Waals surface area contributed by atoms with Crippen LogP contribution in [0.15, 0.2) is 42.5 Å². The highest BCUT2D eigenvalue weighted by atomic mass is 19.1. The number of hydrogen-bond donors (Lipinski definition) is 3. The summed E-state index contributed by atoms with van der Waals surface area (Å²) in [6.07, 6.45) is 0.193. The molecule has 0 saturated carbocycles. The SMILES string of the molecule is CC(C)(C)C[C@H](NC(=O)C(=O)Nc1ccc(F)cc1F)C(=O)N1C[C@]2(CC1C#N)C(=O)Nc1ccccc12. The van der Waals surface area contributed by atoms with Crippen LogP contribution in [0.4, 0.5) is 20.2 Å². The average Bonchev–Trinajstić information content (AvgIpc) is 3.37. The highest BCUT2D eigenvalue weighted by Crippen LogP contribution is 2.46. The van der Waals surface area contributed by atoms with Crippen LogP contribution in [0.25, 0.3) is 0 Å². The Hall–Kier alpha value is -4.33. The Kier molecular flexibility index (Phi) is 6.93. The second-order valence-electron chi connectivity index (χ2n) is 10.8. The maximum atomic E-state index is 13.9. The standard InChI is InChI=1S/C27H27F2N5O4/c1-26(2,3)12-21(32-23(36)22(35)31-20-9-8-15(28)10-18(20)29)24(37)34-14-27(11-16(34)13-30)17-6-4-5-7-19(17)33-25(27)38/h4-10,16,21H,11-12,14H2,1-3H3,(H,31,35)(H,32,36)(H,33,38)/t16?,21-,27-/m0/s1. The van der Waals surface area contributed by atoms with Crippen LogP contribution in [0.2, 0.25) is 0 Å². The lowest BCUT2D eigenvalue weighted by atomic mass is 9.80. The summed E-state index contributed by atoms with van der Waals surface area (Å²) in [6, 6.07) is 9.47. The molecule has 3 N–H and O–H groups in total. The Morgan fingerprint density at radius 3 is 2.55 bits per heavy atom. The van der Waals surface area contributed by atoms with E-state index in [0.29, 0.717) is 17.3 Å². The molecule has 1 fully saturated rings. The van der Waals surface area contributed by atoms with E-state index < -0.39 is 58.0 Å². The molecule has 0 aromatic heterocycles. The van der Waals surface area contributed by atoms with Gasteiger partial charge in [-0.05, 0) is 35.6 Å². The lowest BCUT2D eigenvalue weighted by Crippen LogP contribution is -2.53. The molecule has 2 aromatic carbocycles. The number of carbonyl (C=O) groups is 4. The maximum absolute atomic E-state index is 13.9. The van der Waals surface area contributed by atoms with Crippen molar-refractivity contribution >= 4 is 35.0 Å². The monoisotopic (exact) mass is 523 g/mol. The minimum Gasteiger partial charge on any atom is -0.336 e. The van der Waals surface area contributed by atoms with Crippen LogP contribution in [0.3, 0.4) is 0 Å². The molecule has 1 spiro atoms. The van der Waals surface area contributed by atoms with Crippen molar-refractivity contribution in [3.05, 3.63) is 59.7 Å². The molecular weight excluding hydrogens is 496 g/mol. The van der Waals surface area contributed by atoms with Gasteiger partial charge in [0.15, 0.2) is 0 Å². The summed E-state index contributed by atoms with van der Waals surface area (Å²) in [6.45, 7) is 5.43. The van der Waals surface area contributed by atoms with E-state index in [9.17, 15) is 33.2 Å². The minimum atomic E-state index is -1.25. The minimum absolute atomic E-state index is 0.0730. The second-order valence-corrected chi connectivity index (χ2v) is 10.8. The molecule has 2 aromatic rings. The molecule has 4 rings (SSSR count). The number of nitriles is 1. The van der Waals surface area contributed by atoms with Gasteiger partial charge in [-0.3, -0.25) is 19.2 Å². The fraction of sp³-hybridized carbons (Fsp3) is 0.370. The van der Waals surface area contributed by atoms with Crippen molar-refractivity contribution in [3.8, 4) is 6.07 Å². The molecule has 198 valence electrons. The van der Waals surface area contributed by atoms with Crippen molar-refractivity contribution in [1.82, 2.24) is 10.2 Å². The van der Waals surface area contributed by atoms with Gasteiger partial charge >= 0.3 is 11.8 Å². The van der Waals surface area contributed by atoms with E-state index in [0.717, 1.165) is 12.1 Å². The largest absolute Gasteiger partial charge is 0.336 e. The van der Waals surface area contributed by atoms with Gasteiger partial charge in [0.2, 0.25) is 11.8 Å². The van der Waals surface area contributed by atoms with E-state index in [1.165, 1.54) is 4.90 Å². The van der Waals surface area contributed by atoms with Crippen molar-refractivity contribution < 1.29 is 28.0 Å². The predicted octanol–water partition coefficient (Wildman–Crippen LogP) is 2.84. The zero-order valence-electron chi connectivity index (χ0n) is 21.1. The fourth-order valence-corrected chi connectivity index (χ4v) is 4.99. The number of amides is 4. The third-order valence-electron chi connectivity index (χ3n) is 6.72. The Bertz CT molecular complexity index is 1370. The number of fused-ring (bicyclic) bond motifs is 2. The zero-order chi connectivity index (χ0) is 27.8. The third kappa shape index (κ3) is 5.07. The molecule has 2 heterocycles. The molecule has 11 heteroatoms. The topological polar surface area (TPSA) is 131 Å². The van der Waals surface area contributed by atoms with Gasteiger partial charge in [0.1, 0.15) is 23.7 Å².